The van der Waals surface area contributed by atoms with Crippen LogP contribution in [0.4, 0.5) is 13.2 Å². The summed E-state index contributed by atoms with van der Waals surface area (Å²) in [5.41, 5.74) is -0.735. The predicted octanol–water partition coefficient (Wildman–Crippen LogP) is 1.90. The van der Waals surface area contributed by atoms with Crippen LogP contribution in [0.1, 0.15) is 12.6 Å². The number of nitrogens with zero attached hydrogens (tertiary/aromatic N) is 1. The Hall–Kier alpha value is -1.39. The predicted molar refractivity (Wildman–Crippen MR) is 38.8 cm³/mol. The Morgan fingerprint density at radius 2 is 2.08 bits per heavy atom. The summed E-state index contributed by atoms with van der Waals surface area (Å²) < 4.78 is 38.0. The zero-order valence-corrected chi connectivity index (χ0v) is 6.72. The van der Waals surface area contributed by atoms with E-state index in [0.717, 1.165) is 19.1 Å². The van der Waals surface area contributed by atoms with E-state index in [0.29, 0.717) is 6.20 Å². The van der Waals surface area contributed by atoms with E-state index in [1.807, 2.05) is 0 Å². The smallest absolute Gasteiger partial charge is 0.293 e. The number of ketones is 1. The van der Waals surface area contributed by atoms with Crippen molar-refractivity contribution < 1.29 is 18.0 Å². The van der Waals surface area contributed by atoms with Gasteiger partial charge in [-0.25, -0.2) is 4.39 Å². The van der Waals surface area contributed by atoms with Gasteiger partial charge in [0.2, 0.25) is 5.78 Å². The Morgan fingerprint density at radius 1 is 1.46 bits per heavy atom. The fourth-order valence-corrected chi connectivity index (χ4v) is 0.742. The summed E-state index contributed by atoms with van der Waals surface area (Å²) in [6, 6.07) is 1.62. The van der Waals surface area contributed by atoms with Gasteiger partial charge in [0.05, 0.1) is 6.20 Å². The lowest BCUT2D eigenvalue weighted by molar-refractivity contribution is -0.142. The molecule has 5 heteroatoms. The molecule has 0 aliphatic heterocycles. The van der Waals surface area contributed by atoms with Gasteiger partial charge in [-0.2, -0.15) is 8.78 Å². The van der Waals surface area contributed by atoms with Gasteiger partial charge in [-0.05, 0) is 12.1 Å². The van der Waals surface area contributed by atoms with Gasteiger partial charge in [0.15, 0.2) is 0 Å². The largest absolute Gasteiger partial charge is 0.346 e. The number of aromatic nitrogens is 1. The van der Waals surface area contributed by atoms with Crippen molar-refractivity contribution in [1.82, 2.24) is 4.98 Å². The maximum Gasteiger partial charge on any atom is 0.346 e. The van der Waals surface area contributed by atoms with Crippen molar-refractivity contribution in [3.8, 4) is 0 Å². The highest BCUT2D eigenvalue weighted by molar-refractivity contribution is 5.83. The molecule has 0 bridgehead atoms. The third kappa shape index (κ3) is 1.85. The average molecular weight is 189 g/mol. The molecule has 0 amide bonds. The molecule has 1 aromatic rings. The molecule has 0 saturated carbocycles. The molecule has 0 N–H and O–H groups in total. The van der Waals surface area contributed by atoms with Crippen LogP contribution < -0.4 is 0 Å². The second-order valence-electron chi connectivity index (χ2n) is 2.49. The van der Waals surface area contributed by atoms with E-state index in [-0.39, 0.29) is 0 Å². The van der Waals surface area contributed by atoms with E-state index >= 15 is 0 Å². The molecule has 70 valence electrons. The normalized spacial score (nSPS) is 11.4. The van der Waals surface area contributed by atoms with Gasteiger partial charge in [0.1, 0.15) is 11.5 Å². The van der Waals surface area contributed by atoms with Crippen molar-refractivity contribution in [2.45, 2.75) is 12.8 Å². The van der Waals surface area contributed by atoms with E-state index in [9.17, 15) is 18.0 Å². The number of alkyl halides is 2. The van der Waals surface area contributed by atoms with Gasteiger partial charge in [-0.15, -0.1) is 0 Å². The highest BCUT2D eigenvalue weighted by atomic mass is 19.3. The fraction of sp³-hybridized carbons (Fsp3) is 0.250. The van der Waals surface area contributed by atoms with Gasteiger partial charge >= 0.3 is 5.92 Å². The lowest BCUT2D eigenvalue weighted by Gasteiger charge is -2.10. The first-order valence-corrected chi connectivity index (χ1v) is 3.45. The molecule has 0 spiro atoms. The maximum atomic E-state index is 12.9. The summed E-state index contributed by atoms with van der Waals surface area (Å²) in [6.07, 6.45) is 0.645. The second-order valence-corrected chi connectivity index (χ2v) is 2.49. The highest BCUT2D eigenvalue weighted by Crippen LogP contribution is 2.26. The van der Waals surface area contributed by atoms with Crippen molar-refractivity contribution in [2.75, 3.05) is 0 Å². The number of carbonyl (C=O) groups is 1. The Bertz CT molecular complexity index is 321. The van der Waals surface area contributed by atoms with Gasteiger partial charge in [-0.1, -0.05) is 0 Å². The molecule has 0 radical (unpaired) electrons. The summed E-state index contributed by atoms with van der Waals surface area (Å²) in [7, 11) is 0. The topological polar surface area (TPSA) is 30.0 Å². The SMILES string of the molecule is CC(=O)C(F)(F)c1ccc(F)cn1. The Kier molecular flexibility index (Phi) is 2.36. The molecule has 0 unspecified atom stereocenters. The van der Waals surface area contributed by atoms with E-state index < -0.39 is 23.2 Å². The molecule has 0 atom stereocenters. The zero-order valence-electron chi connectivity index (χ0n) is 6.72. The molecule has 0 aromatic carbocycles. The number of halogens is 3. The zero-order chi connectivity index (χ0) is 10.1. The average Bonchev–Trinajstić information content (AvgIpc) is 2.04. The van der Waals surface area contributed by atoms with Crippen molar-refractivity contribution >= 4 is 5.78 Å². The quantitative estimate of drug-likeness (QED) is 0.711. The summed E-state index contributed by atoms with van der Waals surface area (Å²) in [4.78, 5) is 13.6. The van der Waals surface area contributed by atoms with Gasteiger partial charge in [-0.3, -0.25) is 9.78 Å². The van der Waals surface area contributed by atoms with Crippen LogP contribution in [-0.4, -0.2) is 10.8 Å². The van der Waals surface area contributed by atoms with E-state index in [1.165, 1.54) is 0 Å². The summed E-state index contributed by atoms with van der Waals surface area (Å²) >= 11 is 0. The standard InChI is InChI=1S/C8H6F3NO/c1-5(13)8(10,11)7-3-2-6(9)4-12-7/h2-4H,1H3. The summed E-state index contributed by atoms with van der Waals surface area (Å²) in [6.45, 7) is 0.755. The minimum atomic E-state index is -3.63. The third-order valence-corrected chi connectivity index (χ3v) is 1.49. The molecule has 1 rings (SSSR count). The minimum absolute atomic E-state index is 0.645. The van der Waals surface area contributed by atoms with Gasteiger partial charge < -0.3 is 0 Å². The Morgan fingerprint density at radius 3 is 2.46 bits per heavy atom. The van der Waals surface area contributed by atoms with Crippen molar-refractivity contribution in [1.29, 1.82) is 0 Å². The van der Waals surface area contributed by atoms with Crippen LogP contribution in [0.15, 0.2) is 18.3 Å². The molecule has 0 fully saturated rings. The molecular formula is C8H6F3NO. The molecule has 1 aromatic heterocycles. The molecule has 0 aliphatic carbocycles. The maximum absolute atomic E-state index is 12.9. The number of rotatable bonds is 2. The van der Waals surface area contributed by atoms with Gasteiger partial charge in [0.25, 0.3) is 0 Å². The molecule has 0 aliphatic rings. The van der Waals surface area contributed by atoms with Crippen LogP contribution >= 0.6 is 0 Å². The van der Waals surface area contributed by atoms with Crippen LogP contribution in [-0.2, 0) is 10.7 Å². The summed E-state index contributed by atoms with van der Waals surface area (Å²) in [5.74, 6) is -5.66. The van der Waals surface area contributed by atoms with Crippen molar-refractivity contribution in [2.24, 2.45) is 0 Å². The van der Waals surface area contributed by atoms with E-state index in [4.69, 9.17) is 0 Å². The van der Waals surface area contributed by atoms with Crippen molar-refractivity contribution in [3.63, 3.8) is 0 Å². The first-order chi connectivity index (χ1) is 5.94. The first kappa shape index (κ1) is 9.70. The van der Waals surface area contributed by atoms with Crippen LogP contribution in [0, 0.1) is 5.82 Å². The number of Topliss-reactive ketones (excluding diaryl/α,β-unsaturated/α-hetero) is 1. The third-order valence-electron chi connectivity index (χ3n) is 1.49. The van der Waals surface area contributed by atoms with Crippen LogP contribution in [0.2, 0.25) is 0 Å². The second kappa shape index (κ2) is 3.16. The van der Waals surface area contributed by atoms with Crippen LogP contribution in [0.3, 0.4) is 0 Å². The van der Waals surface area contributed by atoms with E-state index in [1.54, 1.807) is 0 Å². The number of carbonyl (C=O) groups excluding carboxylic acids is 1. The molecule has 1 heterocycles. The number of pyridine rings is 1. The number of hydrogen-bond acceptors (Lipinski definition) is 2. The monoisotopic (exact) mass is 189 g/mol. The minimum Gasteiger partial charge on any atom is -0.293 e. The first-order valence-electron chi connectivity index (χ1n) is 3.45. The van der Waals surface area contributed by atoms with Crippen LogP contribution in [0.5, 0.6) is 0 Å². The van der Waals surface area contributed by atoms with Crippen molar-refractivity contribution in [3.05, 3.63) is 29.8 Å². The highest BCUT2D eigenvalue weighted by Gasteiger charge is 2.38. The lowest BCUT2D eigenvalue weighted by atomic mass is 10.1. The fourth-order valence-electron chi connectivity index (χ4n) is 0.742. The molecule has 13 heavy (non-hydrogen) atoms. The van der Waals surface area contributed by atoms with Gasteiger partial charge in [0, 0.05) is 6.92 Å². The molecule has 2 nitrogen and oxygen atoms in total. The molecular weight excluding hydrogens is 183 g/mol. The lowest BCUT2D eigenvalue weighted by Crippen LogP contribution is -2.24. The molecule has 0 saturated heterocycles. The number of hydrogen-bond donors (Lipinski definition) is 0. The summed E-state index contributed by atoms with van der Waals surface area (Å²) in [5, 5.41) is 0. The Labute approximate surface area is 72.4 Å². The Balaban J connectivity index is 3.08. The van der Waals surface area contributed by atoms with Crippen LogP contribution in [0.25, 0.3) is 0 Å². The van der Waals surface area contributed by atoms with E-state index in [2.05, 4.69) is 4.98 Å².